The van der Waals surface area contributed by atoms with E-state index in [0.717, 1.165) is 77.2 Å². The Hall–Kier alpha value is -8.45. The van der Waals surface area contributed by atoms with Gasteiger partial charge >= 0.3 is 0 Å². The van der Waals surface area contributed by atoms with Gasteiger partial charge in [0.25, 0.3) is 0 Å². The van der Waals surface area contributed by atoms with Crippen LogP contribution in [0.25, 0.3) is 136 Å². The zero-order valence-electron chi connectivity index (χ0n) is 34.7. The van der Waals surface area contributed by atoms with Gasteiger partial charge in [-0.05, 0) is 87.9 Å². The third-order valence-electron chi connectivity index (χ3n) is 13.0. The minimum Gasteiger partial charge on any atom is -0.455 e. The van der Waals surface area contributed by atoms with Crippen molar-refractivity contribution in [1.82, 2.24) is 19.5 Å². The number of aromatic nitrogens is 4. The molecule has 0 radical (unpaired) electrons. The van der Waals surface area contributed by atoms with Crippen LogP contribution in [0.3, 0.4) is 0 Å². The minimum atomic E-state index is 0.592. The second-order valence-electron chi connectivity index (χ2n) is 16.7. The predicted octanol–water partition coefficient (Wildman–Crippen LogP) is 16.2. The molecule has 14 rings (SSSR count). The van der Waals surface area contributed by atoms with E-state index in [4.69, 9.17) is 19.4 Å². The van der Waals surface area contributed by atoms with Crippen LogP contribution >= 0.6 is 11.3 Å². The zero-order valence-corrected chi connectivity index (χ0v) is 35.6. The molecule has 0 aliphatic heterocycles. The first-order chi connectivity index (χ1) is 32.2. The largest absolute Gasteiger partial charge is 0.455 e. The van der Waals surface area contributed by atoms with Crippen LogP contribution in [0, 0.1) is 0 Å². The van der Waals surface area contributed by atoms with Crippen LogP contribution in [0.15, 0.2) is 211 Å². The van der Waals surface area contributed by atoms with Crippen molar-refractivity contribution in [2.24, 2.45) is 0 Å². The fourth-order valence-corrected chi connectivity index (χ4v) is 11.1. The van der Waals surface area contributed by atoms with E-state index < -0.39 is 0 Å². The number of thiophene rings is 1. The van der Waals surface area contributed by atoms with Gasteiger partial charge in [-0.15, -0.1) is 11.3 Å². The van der Waals surface area contributed by atoms with Gasteiger partial charge in [-0.25, -0.2) is 15.0 Å². The van der Waals surface area contributed by atoms with Crippen LogP contribution in [-0.4, -0.2) is 19.5 Å². The molecule has 5 nitrogen and oxygen atoms in total. The summed E-state index contributed by atoms with van der Waals surface area (Å²) < 4.78 is 11.7. The molecule has 4 aromatic heterocycles. The summed E-state index contributed by atoms with van der Waals surface area (Å²) >= 11 is 1.79. The first kappa shape index (κ1) is 36.1. The van der Waals surface area contributed by atoms with E-state index in [0.29, 0.717) is 17.5 Å². The van der Waals surface area contributed by atoms with Crippen molar-refractivity contribution < 1.29 is 4.42 Å². The van der Waals surface area contributed by atoms with Crippen LogP contribution in [0.2, 0.25) is 0 Å². The van der Waals surface area contributed by atoms with Crippen LogP contribution in [-0.2, 0) is 0 Å². The second kappa shape index (κ2) is 14.0. The molecule has 4 heterocycles. The van der Waals surface area contributed by atoms with Crippen molar-refractivity contribution in [2.75, 3.05) is 0 Å². The molecular formula is C59H34N4OS. The molecule has 65 heavy (non-hydrogen) atoms. The molecular weight excluding hydrogens is 813 g/mol. The molecule has 0 N–H and O–H groups in total. The molecule has 0 atom stereocenters. The Balaban J connectivity index is 1.08. The highest BCUT2D eigenvalue weighted by Crippen LogP contribution is 2.46. The van der Waals surface area contributed by atoms with Crippen molar-refractivity contribution in [2.45, 2.75) is 0 Å². The topological polar surface area (TPSA) is 56.7 Å². The van der Waals surface area contributed by atoms with Crippen molar-refractivity contribution in [1.29, 1.82) is 0 Å². The van der Waals surface area contributed by atoms with Crippen LogP contribution in [0.4, 0.5) is 0 Å². The first-order valence-electron chi connectivity index (χ1n) is 21.8. The zero-order chi connectivity index (χ0) is 42.6. The first-order valence-corrected chi connectivity index (χ1v) is 22.7. The van der Waals surface area contributed by atoms with Gasteiger partial charge in [0, 0.05) is 69.5 Å². The lowest BCUT2D eigenvalue weighted by molar-refractivity contribution is 0.673. The molecule has 0 aliphatic carbocycles. The van der Waals surface area contributed by atoms with Gasteiger partial charge in [0.05, 0.1) is 11.0 Å². The number of hydrogen-bond acceptors (Lipinski definition) is 5. The SMILES string of the molecule is c1ccc(-c2nc(-c3ccc4c(c3)sc3ccccc34)nc(-c3ccc(-n4c5ccccc5c5cc6ccccc6cc54)cc3-c3cc4ccccc4c4oc5ccccc5c34)n2)cc1. The maximum Gasteiger partial charge on any atom is 0.164 e. The molecule has 0 bridgehead atoms. The quantitative estimate of drug-likeness (QED) is 0.173. The van der Waals surface area contributed by atoms with E-state index in [1.165, 1.54) is 41.7 Å². The van der Waals surface area contributed by atoms with Gasteiger partial charge in [-0.2, -0.15) is 0 Å². The standard InChI is InChI=1S/C59H34N4OS/c1-2-14-35(15-3-1)57-60-58(39-26-28-44-43-21-10-13-25-53(43)65-54(44)33-39)62-59(61-57)45-29-27-40(63-50-23-11-8-20-42(50)48-30-36-16-4-5-17-37(36)32-51(48)63)34-47(45)49-31-38-18-6-7-19-41(38)56-55(49)46-22-9-12-24-52(46)64-56/h1-34H. The molecule has 302 valence electrons. The molecule has 0 amide bonds. The van der Waals surface area contributed by atoms with E-state index in [1.807, 2.05) is 24.3 Å². The predicted molar refractivity (Wildman–Crippen MR) is 271 cm³/mol. The smallest absolute Gasteiger partial charge is 0.164 e. The Labute approximate surface area is 376 Å². The lowest BCUT2D eigenvalue weighted by Crippen LogP contribution is -2.02. The van der Waals surface area contributed by atoms with Crippen LogP contribution in [0.1, 0.15) is 0 Å². The fourth-order valence-electron chi connectivity index (χ4n) is 10.0. The van der Waals surface area contributed by atoms with E-state index in [1.54, 1.807) is 11.3 Å². The van der Waals surface area contributed by atoms with Gasteiger partial charge < -0.3 is 8.98 Å². The number of benzene rings is 10. The third-order valence-corrected chi connectivity index (χ3v) is 14.1. The highest BCUT2D eigenvalue weighted by molar-refractivity contribution is 7.25. The summed E-state index contributed by atoms with van der Waals surface area (Å²) in [5, 5.41) is 11.6. The molecule has 0 fully saturated rings. The number of fused-ring (bicyclic) bond motifs is 12. The van der Waals surface area contributed by atoms with E-state index in [9.17, 15) is 0 Å². The van der Waals surface area contributed by atoms with E-state index >= 15 is 0 Å². The Kier molecular flexibility index (Phi) is 7.79. The normalized spacial score (nSPS) is 12.0. The summed E-state index contributed by atoms with van der Waals surface area (Å²) in [7, 11) is 0. The summed E-state index contributed by atoms with van der Waals surface area (Å²) in [4.78, 5) is 16.0. The Morgan fingerprint density at radius 2 is 1.03 bits per heavy atom. The Bertz CT molecular complexity index is 4260. The lowest BCUT2D eigenvalue weighted by atomic mass is 9.91. The molecule has 10 aromatic carbocycles. The average molecular weight is 847 g/mol. The molecule has 0 aliphatic rings. The molecule has 0 unspecified atom stereocenters. The van der Waals surface area contributed by atoms with E-state index in [2.05, 4.69) is 187 Å². The summed E-state index contributed by atoms with van der Waals surface area (Å²) in [5.74, 6) is 1.83. The summed E-state index contributed by atoms with van der Waals surface area (Å²) in [5.41, 5.74) is 9.81. The third kappa shape index (κ3) is 5.61. The summed E-state index contributed by atoms with van der Waals surface area (Å²) in [6.45, 7) is 0. The number of para-hydroxylation sites is 2. The Morgan fingerprint density at radius 1 is 0.369 bits per heavy atom. The molecule has 6 heteroatoms. The maximum absolute atomic E-state index is 6.80. The highest BCUT2D eigenvalue weighted by atomic mass is 32.1. The van der Waals surface area contributed by atoms with Gasteiger partial charge in [0.15, 0.2) is 17.5 Å². The van der Waals surface area contributed by atoms with Crippen LogP contribution in [0.5, 0.6) is 0 Å². The van der Waals surface area contributed by atoms with Crippen molar-refractivity contribution in [3.63, 3.8) is 0 Å². The summed E-state index contributed by atoms with van der Waals surface area (Å²) in [6.07, 6.45) is 0. The lowest BCUT2D eigenvalue weighted by Gasteiger charge is -2.17. The minimum absolute atomic E-state index is 0.592. The van der Waals surface area contributed by atoms with Gasteiger partial charge in [0.1, 0.15) is 11.2 Å². The van der Waals surface area contributed by atoms with Gasteiger partial charge in [-0.3, -0.25) is 0 Å². The van der Waals surface area contributed by atoms with Crippen molar-refractivity contribution in [3.05, 3.63) is 206 Å². The summed E-state index contributed by atoms with van der Waals surface area (Å²) in [6, 6.07) is 73.3. The van der Waals surface area contributed by atoms with Gasteiger partial charge in [-0.1, -0.05) is 146 Å². The molecule has 0 spiro atoms. The van der Waals surface area contributed by atoms with Crippen molar-refractivity contribution in [3.8, 4) is 51.0 Å². The fraction of sp³-hybridized carbons (Fsp3) is 0. The average Bonchev–Trinajstić information content (AvgIpc) is 4.05. The Morgan fingerprint density at radius 3 is 1.89 bits per heavy atom. The number of rotatable bonds is 5. The number of hydrogen-bond donors (Lipinski definition) is 0. The van der Waals surface area contributed by atoms with Crippen molar-refractivity contribution >= 4 is 96.8 Å². The van der Waals surface area contributed by atoms with E-state index in [-0.39, 0.29) is 0 Å². The molecule has 0 saturated carbocycles. The molecule has 0 saturated heterocycles. The second-order valence-corrected chi connectivity index (χ2v) is 17.8. The number of nitrogens with zero attached hydrogens (tertiary/aromatic N) is 4. The number of furan rings is 1. The highest BCUT2D eigenvalue weighted by Gasteiger charge is 2.23. The molecule has 14 aromatic rings. The van der Waals surface area contributed by atoms with Gasteiger partial charge in [0.2, 0.25) is 0 Å². The monoisotopic (exact) mass is 846 g/mol. The van der Waals surface area contributed by atoms with Crippen LogP contribution < -0.4 is 0 Å². The maximum atomic E-state index is 6.80.